The van der Waals surface area contributed by atoms with E-state index in [1.54, 1.807) is 31.4 Å². The van der Waals surface area contributed by atoms with Gasteiger partial charge in [-0.2, -0.15) is 0 Å². The summed E-state index contributed by atoms with van der Waals surface area (Å²) in [6.45, 7) is 5.53. The summed E-state index contributed by atoms with van der Waals surface area (Å²) in [5, 5.41) is 0.324. The molecule has 1 aliphatic rings. The zero-order valence-electron chi connectivity index (χ0n) is 21.9. The lowest BCUT2D eigenvalue weighted by Gasteiger charge is -2.36. The quantitative estimate of drug-likeness (QED) is 0.292. The van der Waals surface area contributed by atoms with E-state index in [9.17, 15) is 9.59 Å². The number of aryl methyl sites for hydroxylation is 1. The van der Waals surface area contributed by atoms with Gasteiger partial charge < -0.3 is 19.1 Å². The lowest BCUT2D eigenvalue weighted by atomic mass is 10.1. The van der Waals surface area contributed by atoms with Crippen molar-refractivity contribution in [3.8, 4) is 5.75 Å². The van der Waals surface area contributed by atoms with Crippen molar-refractivity contribution in [2.75, 3.05) is 46.9 Å². The summed E-state index contributed by atoms with van der Waals surface area (Å²) in [6.07, 6.45) is -0.214. The normalized spacial score (nSPS) is 14.7. The zero-order chi connectivity index (χ0) is 27.1. The highest BCUT2D eigenvalue weighted by molar-refractivity contribution is 6.29. The van der Waals surface area contributed by atoms with Crippen LogP contribution in [-0.4, -0.2) is 73.6 Å². The van der Waals surface area contributed by atoms with Crippen LogP contribution in [-0.2, 0) is 16.1 Å². The second-order valence-electron chi connectivity index (χ2n) is 9.18. The first-order valence-electron chi connectivity index (χ1n) is 12.4. The number of carbonyl (C=O) groups is 2. The van der Waals surface area contributed by atoms with Crippen molar-refractivity contribution >= 4 is 23.5 Å². The van der Waals surface area contributed by atoms with Crippen molar-refractivity contribution in [2.24, 2.45) is 0 Å². The molecule has 4 rings (SSSR count). The van der Waals surface area contributed by atoms with Crippen LogP contribution in [0.25, 0.3) is 0 Å². The molecule has 200 valence electrons. The largest absolute Gasteiger partial charge is 0.497 e. The molecule has 0 aliphatic carbocycles. The zero-order valence-corrected chi connectivity index (χ0v) is 22.6. The molecule has 1 fully saturated rings. The number of halogens is 1. The Morgan fingerprint density at radius 2 is 1.71 bits per heavy atom. The third-order valence-corrected chi connectivity index (χ3v) is 6.74. The number of methoxy groups -OCH3 is 2. The fourth-order valence-electron chi connectivity index (χ4n) is 4.45. The molecule has 8 nitrogen and oxygen atoms in total. The molecule has 0 N–H and O–H groups in total. The Morgan fingerprint density at radius 3 is 2.37 bits per heavy atom. The maximum atomic E-state index is 13.0. The van der Waals surface area contributed by atoms with E-state index >= 15 is 0 Å². The maximum absolute atomic E-state index is 13.0. The van der Waals surface area contributed by atoms with Gasteiger partial charge in [-0.05, 0) is 54.4 Å². The molecular weight excluding hydrogens is 506 g/mol. The third kappa shape index (κ3) is 7.10. The van der Waals surface area contributed by atoms with E-state index in [4.69, 9.17) is 25.8 Å². The number of amides is 1. The van der Waals surface area contributed by atoms with Gasteiger partial charge in [0.1, 0.15) is 10.9 Å². The molecule has 1 aliphatic heterocycles. The van der Waals surface area contributed by atoms with E-state index in [2.05, 4.69) is 9.88 Å². The molecular formula is C29H32ClN3O5. The summed E-state index contributed by atoms with van der Waals surface area (Å²) in [5.74, 6) is 0.361. The Labute approximate surface area is 228 Å². The average Bonchev–Trinajstić information content (AvgIpc) is 2.94. The minimum absolute atomic E-state index is 0.0342. The molecule has 2 heterocycles. The molecule has 0 spiro atoms. The van der Waals surface area contributed by atoms with Gasteiger partial charge in [-0.25, -0.2) is 9.78 Å². The second-order valence-corrected chi connectivity index (χ2v) is 9.56. The number of piperazine rings is 1. The van der Waals surface area contributed by atoms with E-state index in [0.717, 1.165) is 35.7 Å². The smallest absolute Gasteiger partial charge is 0.337 e. The van der Waals surface area contributed by atoms with Crippen LogP contribution in [0.1, 0.15) is 43.6 Å². The number of benzene rings is 2. The van der Waals surface area contributed by atoms with Gasteiger partial charge in [0, 0.05) is 44.0 Å². The van der Waals surface area contributed by atoms with E-state index in [0.29, 0.717) is 42.5 Å². The van der Waals surface area contributed by atoms with E-state index < -0.39 is 0 Å². The Bertz CT molecular complexity index is 1240. The fourth-order valence-corrected chi connectivity index (χ4v) is 4.70. The Hall–Kier alpha value is -3.46. The minimum atomic E-state index is -0.369. The molecule has 0 radical (unpaired) electrons. The number of hydrogen-bond acceptors (Lipinski definition) is 7. The van der Waals surface area contributed by atoms with Crippen LogP contribution in [0.2, 0.25) is 5.15 Å². The first-order valence-corrected chi connectivity index (χ1v) is 12.8. The Morgan fingerprint density at radius 1 is 0.974 bits per heavy atom. The first kappa shape index (κ1) is 27.6. The summed E-state index contributed by atoms with van der Waals surface area (Å²) in [5.41, 5.74) is 3.74. The lowest BCUT2D eigenvalue weighted by molar-refractivity contribution is 0.00331. The summed E-state index contributed by atoms with van der Waals surface area (Å²) < 4.78 is 16.6. The SMILES string of the molecule is COC(=O)c1ccc(CO[C@@H](CN2CCN(C(=O)c3cc(C)nc(Cl)c3)CC2)c2cccc(OC)c2)cc1. The van der Waals surface area contributed by atoms with Crippen molar-refractivity contribution < 1.29 is 23.8 Å². The van der Waals surface area contributed by atoms with E-state index in [1.807, 2.05) is 48.2 Å². The van der Waals surface area contributed by atoms with E-state index in [1.165, 1.54) is 7.11 Å². The van der Waals surface area contributed by atoms with Gasteiger partial charge in [0.2, 0.25) is 0 Å². The molecule has 1 aromatic heterocycles. The van der Waals surface area contributed by atoms with Crippen LogP contribution in [0.3, 0.4) is 0 Å². The van der Waals surface area contributed by atoms with Gasteiger partial charge in [0.05, 0.1) is 32.5 Å². The summed E-state index contributed by atoms with van der Waals surface area (Å²) in [7, 11) is 3.01. The van der Waals surface area contributed by atoms with Crippen LogP contribution in [0.15, 0.2) is 60.7 Å². The number of pyridine rings is 1. The van der Waals surface area contributed by atoms with Crippen molar-refractivity contribution in [1.29, 1.82) is 0 Å². The predicted octanol–water partition coefficient (Wildman–Crippen LogP) is 4.55. The highest BCUT2D eigenvalue weighted by atomic mass is 35.5. The van der Waals surface area contributed by atoms with Gasteiger partial charge in [-0.15, -0.1) is 0 Å². The molecule has 1 saturated heterocycles. The number of hydrogen-bond donors (Lipinski definition) is 0. The highest BCUT2D eigenvalue weighted by Crippen LogP contribution is 2.25. The predicted molar refractivity (Wildman–Crippen MR) is 145 cm³/mol. The second kappa shape index (κ2) is 12.9. The first-order chi connectivity index (χ1) is 18.4. The van der Waals surface area contributed by atoms with Crippen LogP contribution in [0.4, 0.5) is 0 Å². The topological polar surface area (TPSA) is 81.2 Å². The molecule has 0 bridgehead atoms. The standard InChI is InChI=1S/C29H32ClN3O5/c1-20-15-24(17-27(30)31-20)28(34)33-13-11-32(12-14-33)18-26(23-5-4-6-25(16-23)36-2)38-19-21-7-9-22(10-8-21)29(35)37-3/h4-10,15-17,26H,11-14,18-19H2,1-3H3/t26-/m0/s1. The lowest BCUT2D eigenvalue weighted by Crippen LogP contribution is -2.49. The summed E-state index contributed by atoms with van der Waals surface area (Å²) >= 11 is 6.06. The van der Waals surface area contributed by atoms with Gasteiger partial charge in [0.15, 0.2) is 0 Å². The van der Waals surface area contributed by atoms with E-state index in [-0.39, 0.29) is 18.0 Å². The van der Waals surface area contributed by atoms with Gasteiger partial charge in [-0.3, -0.25) is 9.69 Å². The summed E-state index contributed by atoms with van der Waals surface area (Å²) in [6, 6.07) is 18.5. The van der Waals surface area contributed by atoms with Gasteiger partial charge in [0.25, 0.3) is 5.91 Å². The number of esters is 1. The van der Waals surface area contributed by atoms with Crippen LogP contribution < -0.4 is 4.74 Å². The number of nitrogens with zero attached hydrogens (tertiary/aromatic N) is 3. The van der Waals surface area contributed by atoms with Crippen LogP contribution >= 0.6 is 11.6 Å². The maximum Gasteiger partial charge on any atom is 0.337 e. The van der Waals surface area contributed by atoms with Crippen molar-refractivity contribution in [1.82, 2.24) is 14.8 Å². The Kier molecular flexibility index (Phi) is 9.33. The van der Waals surface area contributed by atoms with Crippen molar-refractivity contribution in [2.45, 2.75) is 19.6 Å². The van der Waals surface area contributed by atoms with Crippen molar-refractivity contribution in [3.05, 3.63) is 93.8 Å². The third-order valence-electron chi connectivity index (χ3n) is 6.54. The Balaban J connectivity index is 1.41. The molecule has 9 heteroatoms. The van der Waals surface area contributed by atoms with Crippen LogP contribution in [0.5, 0.6) is 5.75 Å². The van der Waals surface area contributed by atoms with Gasteiger partial charge >= 0.3 is 5.97 Å². The number of ether oxygens (including phenoxy) is 3. The molecule has 2 aromatic carbocycles. The fraction of sp³-hybridized carbons (Fsp3) is 0.345. The molecule has 1 amide bonds. The monoisotopic (exact) mass is 537 g/mol. The summed E-state index contributed by atoms with van der Waals surface area (Å²) in [4.78, 5) is 33.1. The molecule has 0 unspecified atom stereocenters. The number of carbonyl (C=O) groups excluding carboxylic acids is 2. The van der Waals surface area contributed by atoms with Crippen molar-refractivity contribution in [3.63, 3.8) is 0 Å². The molecule has 0 saturated carbocycles. The van der Waals surface area contributed by atoms with Crippen LogP contribution in [0, 0.1) is 6.92 Å². The number of rotatable bonds is 9. The molecule has 3 aromatic rings. The van der Waals surface area contributed by atoms with Gasteiger partial charge in [-0.1, -0.05) is 35.9 Å². The number of aromatic nitrogens is 1. The highest BCUT2D eigenvalue weighted by Gasteiger charge is 2.25. The average molecular weight is 538 g/mol. The molecule has 1 atom stereocenters. The molecule has 38 heavy (non-hydrogen) atoms. The minimum Gasteiger partial charge on any atom is -0.497 e.